The molecule has 0 spiro atoms. The third kappa shape index (κ3) is 3.26. The number of hydrogen-bond donors (Lipinski definition) is 0. The van der Waals surface area contributed by atoms with Crippen molar-refractivity contribution in [3.63, 3.8) is 0 Å². The normalized spacial score (nSPS) is 20.7. The van der Waals surface area contributed by atoms with Crippen molar-refractivity contribution in [1.82, 2.24) is 0 Å². The SMILES string of the molecule is O=C(CCC1CCCO1)c1csc(I)c1. The summed E-state index contributed by atoms with van der Waals surface area (Å²) >= 11 is 3.87. The molecule has 1 aromatic heterocycles. The maximum Gasteiger partial charge on any atom is 0.163 e. The summed E-state index contributed by atoms with van der Waals surface area (Å²) in [6.45, 7) is 0.870. The second kappa shape index (κ2) is 5.41. The second-order valence-corrected chi connectivity index (χ2v) is 6.54. The summed E-state index contributed by atoms with van der Waals surface area (Å²) < 4.78 is 6.67. The lowest BCUT2D eigenvalue weighted by Gasteiger charge is -2.07. The maximum atomic E-state index is 11.8. The molecule has 0 aromatic carbocycles. The standard InChI is InChI=1S/C11H13IO2S/c12-11-6-8(7-15-11)10(13)4-3-9-2-1-5-14-9/h6-7,9H,1-5H2. The van der Waals surface area contributed by atoms with Gasteiger partial charge in [0.2, 0.25) is 0 Å². The summed E-state index contributed by atoms with van der Waals surface area (Å²) in [5.41, 5.74) is 0.863. The fourth-order valence-electron chi connectivity index (χ4n) is 1.76. The van der Waals surface area contributed by atoms with Gasteiger partial charge in [0.15, 0.2) is 5.78 Å². The molecule has 4 heteroatoms. The number of halogens is 1. The van der Waals surface area contributed by atoms with Crippen LogP contribution in [0.25, 0.3) is 0 Å². The lowest BCUT2D eigenvalue weighted by molar-refractivity contribution is 0.0859. The van der Waals surface area contributed by atoms with Crippen LogP contribution in [0.1, 0.15) is 36.0 Å². The van der Waals surface area contributed by atoms with Crippen LogP contribution in [0.15, 0.2) is 11.4 Å². The predicted molar refractivity (Wildman–Crippen MR) is 69.6 cm³/mol. The van der Waals surface area contributed by atoms with Gasteiger partial charge in [-0.15, -0.1) is 11.3 Å². The smallest absolute Gasteiger partial charge is 0.163 e. The number of hydrogen-bond acceptors (Lipinski definition) is 3. The molecule has 1 aromatic rings. The van der Waals surface area contributed by atoms with Crippen LogP contribution in [0.5, 0.6) is 0 Å². The van der Waals surface area contributed by atoms with E-state index in [1.165, 1.54) is 2.88 Å². The Labute approximate surface area is 107 Å². The minimum absolute atomic E-state index is 0.254. The van der Waals surface area contributed by atoms with Crippen LogP contribution in [-0.2, 0) is 4.74 Å². The third-order valence-corrected chi connectivity index (χ3v) is 4.40. The number of carbonyl (C=O) groups is 1. The molecule has 2 nitrogen and oxygen atoms in total. The van der Waals surface area contributed by atoms with Gasteiger partial charge in [0.1, 0.15) is 0 Å². The quantitative estimate of drug-likeness (QED) is 0.621. The van der Waals surface area contributed by atoms with E-state index in [1.807, 2.05) is 11.4 Å². The van der Waals surface area contributed by atoms with Gasteiger partial charge >= 0.3 is 0 Å². The zero-order chi connectivity index (χ0) is 10.7. The minimum atomic E-state index is 0.254. The molecule has 0 N–H and O–H groups in total. The van der Waals surface area contributed by atoms with E-state index in [0.29, 0.717) is 12.5 Å². The van der Waals surface area contributed by atoms with Crippen molar-refractivity contribution in [2.24, 2.45) is 0 Å². The van der Waals surface area contributed by atoms with Crippen molar-refractivity contribution in [1.29, 1.82) is 0 Å². The van der Waals surface area contributed by atoms with Gasteiger partial charge in [-0.1, -0.05) is 0 Å². The molecule has 0 saturated carbocycles. The second-order valence-electron chi connectivity index (χ2n) is 3.74. The first-order valence-corrected chi connectivity index (χ1v) is 7.10. The van der Waals surface area contributed by atoms with Crippen LogP contribution in [-0.4, -0.2) is 18.5 Å². The van der Waals surface area contributed by atoms with Crippen LogP contribution in [0, 0.1) is 2.88 Å². The number of carbonyl (C=O) groups excluding carboxylic acids is 1. The van der Waals surface area contributed by atoms with E-state index >= 15 is 0 Å². The fourth-order valence-corrected chi connectivity index (χ4v) is 3.12. The van der Waals surface area contributed by atoms with Crippen molar-refractivity contribution in [2.75, 3.05) is 6.61 Å². The third-order valence-electron chi connectivity index (χ3n) is 2.61. The van der Waals surface area contributed by atoms with Crippen LogP contribution < -0.4 is 0 Å². The van der Waals surface area contributed by atoms with Crippen LogP contribution in [0.2, 0.25) is 0 Å². The molecule has 0 aliphatic carbocycles. The molecule has 1 aliphatic heterocycles. The Balaban J connectivity index is 1.81. The average molecular weight is 336 g/mol. The fraction of sp³-hybridized carbons (Fsp3) is 0.545. The van der Waals surface area contributed by atoms with Crippen molar-refractivity contribution >= 4 is 39.7 Å². The lowest BCUT2D eigenvalue weighted by atomic mass is 10.1. The first kappa shape index (κ1) is 11.5. The van der Waals surface area contributed by atoms with Gasteiger partial charge in [-0.25, -0.2) is 0 Å². The Morgan fingerprint density at radius 2 is 2.53 bits per heavy atom. The number of rotatable bonds is 4. The zero-order valence-corrected chi connectivity index (χ0v) is 11.3. The number of thiophene rings is 1. The van der Waals surface area contributed by atoms with Gasteiger partial charge in [0.25, 0.3) is 0 Å². The molecule has 82 valence electrons. The molecule has 2 heterocycles. The highest BCUT2D eigenvalue weighted by Crippen LogP contribution is 2.21. The molecule has 0 bridgehead atoms. The number of ether oxygens (including phenoxy) is 1. The molecule has 0 radical (unpaired) electrons. The van der Waals surface area contributed by atoms with E-state index in [9.17, 15) is 4.79 Å². The van der Waals surface area contributed by atoms with Crippen LogP contribution >= 0.6 is 33.9 Å². The van der Waals surface area contributed by atoms with E-state index in [-0.39, 0.29) is 5.78 Å². The molecule has 2 rings (SSSR count). The van der Waals surface area contributed by atoms with E-state index in [1.54, 1.807) is 11.3 Å². The summed E-state index contributed by atoms with van der Waals surface area (Å²) in [5.74, 6) is 0.254. The first-order chi connectivity index (χ1) is 7.25. The Morgan fingerprint density at radius 3 is 3.13 bits per heavy atom. The van der Waals surface area contributed by atoms with Crippen molar-refractivity contribution < 1.29 is 9.53 Å². The Morgan fingerprint density at radius 1 is 1.67 bits per heavy atom. The topological polar surface area (TPSA) is 26.3 Å². The molecule has 1 atom stereocenters. The van der Waals surface area contributed by atoms with Crippen molar-refractivity contribution in [2.45, 2.75) is 31.8 Å². The Bertz CT molecular complexity index is 342. The van der Waals surface area contributed by atoms with Gasteiger partial charge in [0, 0.05) is 24.0 Å². The highest BCUT2D eigenvalue weighted by molar-refractivity contribution is 14.1. The average Bonchev–Trinajstić information content (AvgIpc) is 2.84. The van der Waals surface area contributed by atoms with Gasteiger partial charge in [0.05, 0.1) is 8.99 Å². The first-order valence-electron chi connectivity index (χ1n) is 5.14. The summed E-state index contributed by atoms with van der Waals surface area (Å²) in [6, 6.07) is 1.96. The van der Waals surface area contributed by atoms with E-state index < -0.39 is 0 Å². The Kier molecular flexibility index (Phi) is 4.16. The molecule has 15 heavy (non-hydrogen) atoms. The molecule has 1 aliphatic rings. The highest BCUT2D eigenvalue weighted by Gasteiger charge is 2.17. The van der Waals surface area contributed by atoms with Gasteiger partial charge in [-0.05, 0) is 47.9 Å². The van der Waals surface area contributed by atoms with Crippen molar-refractivity contribution in [3.8, 4) is 0 Å². The van der Waals surface area contributed by atoms with Crippen LogP contribution in [0.3, 0.4) is 0 Å². The van der Waals surface area contributed by atoms with E-state index in [2.05, 4.69) is 22.6 Å². The molecule has 0 amide bonds. The summed E-state index contributed by atoms with van der Waals surface area (Å²) in [5, 5.41) is 1.94. The van der Waals surface area contributed by atoms with Crippen LogP contribution in [0.4, 0.5) is 0 Å². The molecular weight excluding hydrogens is 323 g/mol. The zero-order valence-electron chi connectivity index (χ0n) is 8.37. The summed E-state index contributed by atoms with van der Waals surface area (Å²) in [7, 11) is 0. The molecule has 1 unspecified atom stereocenters. The van der Waals surface area contributed by atoms with Crippen molar-refractivity contribution in [3.05, 3.63) is 19.9 Å². The van der Waals surface area contributed by atoms with Gasteiger partial charge in [-0.2, -0.15) is 0 Å². The van der Waals surface area contributed by atoms with Gasteiger partial charge < -0.3 is 4.74 Å². The summed E-state index contributed by atoms with van der Waals surface area (Å²) in [6.07, 6.45) is 4.10. The molecular formula is C11H13IO2S. The molecule has 1 saturated heterocycles. The molecule has 1 fully saturated rings. The van der Waals surface area contributed by atoms with E-state index in [4.69, 9.17) is 4.74 Å². The number of Topliss-reactive ketones (excluding diaryl/α,β-unsaturated/α-hetero) is 1. The highest BCUT2D eigenvalue weighted by atomic mass is 127. The lowest BCUT2D eigenvalue weighted by Crippen LogP contribution is -2.08. The monoisotopic (exact) mass is 336 g/mol. The maximum absolute atomic E-state index is 11.8. The predicted octanol–water partition coefficient (Wildman–Crippen LogP) is 3.49. The van der Waals surface area contributed by atoms with Gasteiger partial charge in [-0.3, -0.25) is 4.79 Å². The number of ketones is 1. The largest absolute Gasteiger partial charge is 0.378 e. The minimum Gasteiger partial charge on any atom is -0.378 e. The Hall–Kier alpha value is 0.0600. The van der Waals surface area contributed by atoms with E-state index in [0.717, 1.165) is 31.4 Å². The summed E-state index contributed by atoms with van der Waals surface area (Å²) in [4.78, 5) is 11.8.